The second kappa shape index (κ2) is 8.20. The van der Waals surface area contributed by atoms with E-state index >= 15 is 0 Å². The van der Waals surface area contributed by atoms with E-state index in [0.717, 1.165) is 11.3 Å². The van der Waals surface area contributed by atoms with Crippen LogP contribution in [0.3, 0.4) is 0 Å². The number of carbonyl (C=O) groups is 4. The van der Waals surface area contributed by atoms with Crippen LogP contribution in [0, 0.1) is 6.92 Å². The van der Waals surface area contributed by atoms with Crippen molar-refractivity contribution >= 4 is 40.8 Å². The molecule has 1 fully saturated rings. The number of piperidine rings is 1. The predicted octanol–water partition coefficient (Wildman–Crippen LogP) is 1.11. The van der Waals surface area contributed by atoms with Gasteiger partial charge in [0.2, 0.25) is 17.7 Å². The number of rotatable bonds is 5. The van der Waals surface area contributed by atoms with E-state index in [1.807, 2.05) is 12.3 Å². The van der Waals surface area contributed by atoms with Gasteiger partial charge >= 0.3 is 0 Å². The molecular formula is C21H19N7O4S. The van der Waals surface area contributed by atoms with E-state index in [2.05, 4.69) is 25.3 Å². The van der Waals surface area contributed by atoms with Crippen LogP contribution in [0.2, 0.25) is 0 Å². The van der Waals surface area contributed by atoms with Gasteiger partial charge in [-0.15, -0.1) is 5.10 Å². The molecule has 1 saturated heterocycles. The van der Waals surface area contributed by atoms with Crippen molar-refractivity contribution in [2.75, 3.05) is 5.32 Å². The largest absolute Gasteiger partial charge is 0.324 e. The molecule has 12 heteroatoms. The standard InChI is InChI=1S/C21H19N7O4S/c1-11-14(10-33-25-11)16-8-27(26-24-16)9-19(30)22-15-4-2-3-12-13(15)7-28(21(12)32)17-5-6-18(29)23-20(17)31/h2-4,8,10,17H,5-7,9H2,1H3,(H,22,30)(H,23,29,31). The molecule has 0 aliphatic carbocycles. The number of fused-ring (bicyclic) bond motifs is 1. The highest BCUT2D eigenvalue weighted by atomic mass is 32.1. The highest BCUT2D eigenvalue weighted by Crippen LogP contribution is 2.32. The van der Waals surface area contributed by atoms with E-state index in [-0.39, 0.29) is 43.7 Å². The first-order valence-electron chi connectivity index (χ1n) is 10.3. The van der Waals surface area contributed by atoms with Crippen molar-refractivity contribution in [2.24, 2.45) is 0 Å². The molecule has 1 atom stereocenters. The van der Waals surface area contributed by atoms with Gasteiger partial charge in [0.25, 0.3) is 5.91 Å². The summed E-state index contributed by atoms with van der Waals surface area (Å²) in [4.78, 5) is 50.7. The number of nitrogens with zero attached hydrogens (tertiary/aromatic N) is 5. The molecule has 5 rings (SSSR count). The number of anilines is 1. The molecule has 11 nitrogen and oxygen atoms in total. The molecule has 33 heavy (non-hydrogen) atoms. The van der Waals surface area contributed by atoms with Crippen molar-refractivity contribution in [3.05, 3.63) is 46.6 Å². The molecule has 2 aliphatic rings. The van der Waals surface area contributed by atoms with Crippen molar-refractivity contribution in [1.29, 1.82) is 0 Å². The van der Waals surface area contributed by atoms with Crippen molar-refractivity contribution in [2.45, 2.75) is 38.9 Å². The Morgan fingerprint density at radius 2 is 2.12 bits per heavy atom. The second-order valence-corrected chi connectivity index (χ2v) is 8.52. The molecule has 0 saturated carbocycles. The van der Waals surface area contributed by atoms with Crippen molar-refractivity contribution in [3.8, 4) is 11.3 Å². The van der Waals surface area contributed by atoms with Gasteiger partial charge in [-0.3, -0.25) is 24.5 Å². The minimum atomic E-state index is -0.713. The zero-order chi connectivity index (χ0) is 23.1. The fourth-order valence-electron chi connectivity index (χ4n) is 4.08. The van der Waals surface area contributed by atoms with E-state index in [4.69, 9.17) is 0 Å². The van der Waals surface area contributed by atoms with E-state index < -0.39 is 11.9 Å². The van der Waals surface area contributed by atoms with E-state index in [0.29, 0.717) is 22.5 Å². The first-order valence-corrected chi connectivity index (χ1v) is 11.1. The Bertz CT molecular complexity index is 1300. The lowest BCUT2D eigenvalue weighted by Gasteiger charge is -2.29. The van der Waals surface area contributed by atoms with Crippen LogP contribution in [-0.4, -0.2) is 53.9 Å². The number of aryl methyl sites for hydroxylation is 1. The van der Waals surface area contributed by atoms with Gasteiger partial charge in [0, 0.05) is 40.7 Å². The summed E-state index contributed by atoms with van der Waals surface area (Å²) in [7, 11) is 0. The lowest BCUT2D eigenvalue weighted by atomic mass is 10.0. The van der Waals surface area contributed by atoms with Gasteiger partial charge in [-0.25, -0.2) is 4.68 Å². The average molecular weight is 465 g/mol. The van der Waals surface area contributed by atoms with Gasteiger partial charge in [-0.05, 0) is 37.0 Å². The third-order valence-electron chi connectivity index (χ3n) is 5.73. The van der Waals surface area contributed by atoms with Gasteiger partial charge in [0.15, 0.2) is 0 Å². The van der Waals surface area contributed by atoms with Crippen molar-refractivity contribution in [1.82, 2.24) is 29.6 Å². The Balaban J connectivity index is 1.30. The third-order valence-corrected chi connectivity index (χ3v) is 6.45. The first-order chi connectivity index (χ1) is 15.9. The molecule has 168 valence electrons. The van der Waals surface area contributed by atoms with E-state index in [9.17, 15) is 19.2 Å². The quantitative estimate of drug-likeness (QED) is 0.538. The van der Waals surface area contributed by atoms with Gasteiger partial charge in [-0.2, -0.15) is 4.37 Å². The van der Waals surface area contributed by atoms with Gasteiger partial charge in [-0.1, -0.05) is 11.3 Å². The average Bonchev–Trinajstić information content (AvgIpc) is 3.48. The monoisotopic (exact) mass is 465 g/mol. The third kappa shape index (κ3) is 3.89. The minimum Gasteiger partial charge on any atom is -0.324 e. The number of imide groups is 1. The molecule has 4 heterocycles. The predicted molar refractivity (Wildman–Crippen MR) is 117 cm³/mol. The maximum atomic E-state index is 12.9. The number of benzene rings is 1. The summed E-state index contributed by atoms with van der Waals surface area (Å²) in [5.74, 6) is -1.44. The van der Waals surface area contributed by atoms with Gasteiger partial charge < -0.3 is 10.2 Å². The van der Waals surface area contributed by atoms with Crippen LogP contribution in [0.25, 0.3) is 11.3 Å². The topological polar surface area (TPSA) is 139 Å². The molecule has 1 unspecified atom stereocenters. The highest BCUT2D eigenvalue weighted by Gasteiger charge is 2.39. The molecule has 2 N–H and O–H groups in total. The SMILES string of the molecule is Cc1nscc1-c1cn(CC(=O)Nc2cccc3c2CN(C2CCC(=O)NC2=O)C3=O)nn1. The Morgan fingerprint density at radius 3 is 2.88 bits per heavy atom. The number of aromatic nitrogens is 4. The fourth-order valence-corrected chi connectivity index (χ4v) is 4.78. The summed E-state index contributed by atoms with van der Waals surface area (Å²) in [6, 6.07) is 4.35. The summed E-state index contributed by atoms with van der Waals surface area (Å²) in [5.41, 5.74) is 3.93. The fraction of sp³-hybridized carbons (Fsp3) is 0.286. The van der Waals surface area contributed by atoms with Crippen molar-refractivity contribution < 1.29 is 19.2 Å². The van der Waals surface area contributed by atoms with Crippen LogP contribution in [0.5, 0.6) is 0 Å². The van der Waals surface area contributed by atoms with Crippen LogP contribution in [0.1, 0.15) is 34.5 Å². The van der Waals surface area contributed by atoms with Crippen LogP contribution in [0.15, 0.2) is 29.8 Å². The zero-order valence-electron chi connectivity index (χ0n) is 17.6. The number of hydrogen-bond donors (Lipinski definition) is 2. The Hall–Kier alpha value is -3.93. The van der Waals surface area contributed by atoms with Crippen LogP contribution in [-0.2, 0) is 27.5 Å². The van der Waals surface area contributed by atoms with E-state index in [1.165, 1.54) is 21.1 Å². The number of nitrogens with one attached hydrogen (secondary N) is 2. The number of amides is 4. The molecule has 1 aromatic carbocycles. The van der Waals surface area contributed by atoms with Crippen LogP contribution in [0.4, 0.5) is 5.69 Å². The summed E-state index contributed by atoms with van der Waals surface area (Å²) in [6.45, 7) is 2.00. The van der Waals surface area contributed by atoms with Crippen LogP contribution < -0.4 is 10.6 Å². The minimum absolute atomic E-state index is 0.0575. The maximum Gasteiger partial charge on any atom is 0.255 e. The van der Waals surface area contributed by atoms with E-state index in [1.54, 1.807) is 24.4 Å². The molecular weight excluding hydrogens is 446 g/mol. The van der Waals surface area contributed by atoms with Crippen LogP contribution >= 0.6 is 11.5 Å². The maximum absolute atomic E-state index is 12.9. The molecule has 0 radical (unpaired) electrons. The zero-order valence-corrected chi connectivity index (χ0v) is 18.4. The molecule has 0 bridgehead atoms. The highest BCUT2D eigenvalue weighted by molar-refractivity contribution is 7.04. The summed E-state index contributed by atoms with van der Waals surface area (Å²) >= 11 is 1.33. The summed E-state index contributed by atoms with van der Waals surface area (Å²) in [6.07, 6.45) is 2.14. The summed E-state index contributed by atoms with van der Waals surface area (Å²) in [5, 5.41) is 15.1. The normalized spacial score (nSPS) is 17.8. The smallest absolute Gasteiger partial charge is 0.255 e. The Morgan fingerprint density at radius 1 is 1.27 bits per heavy atom. The lowest BCUT2D eigenvalue weighted by molar-refractivity contribution is -0.137. The lowest BCUT2D eigenvalue weighted by Crippen LogP contribution is -2.52. The number of carbonyl (C=O) groups excluding carboxylic acids is 4. The van der Waals surface area contributed by atoms with Crippen molar-refractivity contribution in [3.63, 3.8) is 0 Å². The molecule has 2 aliphatic heterocycles. The molecule has 2 aromatic heterocycles. The van der Waals surface area contributed by atoms with Gasteiger partial charge in [0.05, 0.1) is 11.9 Å². The molecule has 3 aromatic rings. The Labute approximate surface area is 191 Å². The Kier molecular flexibility index (Phi) is 5.21. The number of hydrogen-bond acceptors (Lipinski definition) is 8. The first kappa shape index (κ1) is 20.9. The summed E-state index contributed by atoms with van der Waals surface area (Å²) < 4.78 is 5.66. The molecule has 0 spiro atoms. The second-order valence-electron chi connectivity index (χ2n) is 7.89. The van der Waals surface area contributed by atoms with Gasteiger partial charge in [0.1, 0.15) is 18.3 Å². The molecule has 4 amide bonds.